The van der Waals surface area contributed by atoms with Crippen LogP contribution in [-0.4, -0.2) is 26.6 Å². The highest BCUT2D eigenvalue weighted by atomic mass is 16.5. The van der Waals surface area contributed by atoms with Crippen molar-refractivity contribution in [3.8, 4) is 28.4 Å². The molecule has 0 saturated heterocycles. The Kier molecular flexibility index (Phi) is 5.24. The zero-order valence-corrected chi connectivity index (χ0v) is 16.8. The summed E-state index contributed by atoms with van der Waals surface area (Å²) >= 11 is 0. The van der Waals surface area contributed by atoms with Crippen molar-refractivity contribution in [1.29, 1.82) is 0 Å². The van der Waals surface area contributed by atoms with Crippen molar-refractivity contribution >= 4 is 5.95 Å². The highest BCUT2D eigenvalue weighted by molar-refractivity contribution is 5.78. The number of hydrogen-bond donors (Lipinski definition) is 1. The summed E-state index contributed by atoms with van der Waals surface area (Å²) < 4.78 is 7.33. The van der Waals surface area contributed by atoms with Crippen molar-refractivity contribution in [2.45, 2.75) is 13.5 Å². The molecule has 0 unspecified atom stereocenters. The van der Waals surface area contributed by atoms with Gasteiger partial charge in [-0.2, -0.15) is 0 Å². The SMILES string of the molecule is COc1cccc(-c2cnc(NCc3ccc(C)cc3)nc2-c2nccn2C)c1. The third-order valence-corrected chi connectivity index (χ3v) is 4.77. The number of methoxy groups -OCH3 is 1. The minimum Gasteiger partial charge on any atom is -0.497 e. The number of imidazole rings is 1. The first-order valence-electron chi connectivity index (χ1n) is 9.42. The van der Waals surface area contributed by atoms with Crippen LogP contribution in [0.4, 0.5) is 5.95 Å². The molecule has 0 aliphatic carbocycles. The number of nitrogens with one attached hydrogen (secondary N) is 1. The average molecular weight is 385 g/mol. The molecular weight excluding hydrogens is 362 g/mol. The van der Waals surface area contributed by atoms with E-state index in [0.29, 0.717) is 12.5 Å². The lowest BCUT2D eigenvalue weighted by atomic mass is 10.0. The normalized spacial score (nSPS) is 10.7. The van der Waals surface area contributed by atoms with Crippen LogP contribution in [0.15, 0.2) is 67.1 Å². The van der Waals surface area contributed by atoms with Gasteiger partial charge >= 0.3 is 0 Å². The molecule has 0 bridgehead atoms. The molecule has 29 heavy (non-hydrogen) atoms. The van der Waals surface area contributed by atoms with Crippen LogP contribution in [0.3, 0.4) is 0 Å². The lowest BCUT2D eigenvalue weighted by molar-refractivity contribution is 0.415. The number of aromatic nitrogens is 4. The molecule has 0 saturated carbocycles. The number of hydrogen-bond acceptors (Lipinski definition) is 5. The molecule has 1 N–H and O–H groups in total. The lowest BCUT2D eigenvalue weighted by Crippen LogP contribution is -2.06. The van der Waals surface area contributed by atoms with Gasteiger partial charge in [0.1, 0.15) is 11.4 Å². The predicted octanol–water partition coefficient (Wildman–Crippen LogP) is 4.47. The van der Waals surface area contributed by atoms with Gasteiger partial charge in [0.2, 0.25) is 5.95 Å². The zero-order chi connectivity index (χ0) is 20.2. The van der Waals surface area contributed by atoms with Gasteiger partial charge in [-0.15, -0.1) is 0 Å². The van der Waals surface area contributed by atoms with Gasteiger partial charge in [-0.25, -0.2) is 15.0 Å². The van der Waals surface area contributed by atoms with Crippen LogP contribution >= 0.6 is 0 Å². The molecule has 4 rings (SSSR count). The molecule has 0 radical (unpaired) electrons. The van der Waals surface area contributed by atoms with Crippen molar-refractivity contribution in [3.63, 3.8) is 0 Å². The quantitative estimate of drug-likeness (QED) is 0.530. The minimum atomic E-state index is 0.565. The smallest absolute Gasteiger partial charge is 0.223 e. The highest BCUT2D eigenvalue weighted by Gasteiger charge is 2.15. The number of benzene rings is 2. The van der Waals surface area contributed by atoms with E-state index in [-0.39, 0.29) is 0 Å². The van der Waals surface area contributed by atoms with E-state index in [0.717, 1.165) is 28.4 Å². The maximum absolute atomic E-state index is 5.38. The average Bonchev–Trinajstić information content (AvgIpc) is 3.19. The molecule has 2 aromatic carbocycles. The molecule has 4 aromatic rings. The Morgan fingerprint density at radius 2 is 1.90 bits per heavy atom. The van der Waals surface area contributed by atoms with Crippen molar-refractivity contribution in [2.75, 3.05) is 12.4 Å². The van der Waals surface area contributed by atoms with Crippen LogP contribution in [-0.2, 0) is 13.6 Å². The topological polar surface area (TPSA) is 64.9 Å². The molecular formula is C23H23N5O. The maximum atomic E-state index is 5.38. The van der Waals surface area contributed by atoms with Gasteiger partial charge < -0.3 is 14.6 Å². The molecule has 0 spiro atoms. The number of aryl methyl sites for hydroxylation is 2. The summed E-state index contributed by atoms with van der Waals surface area (Å²) in [5.41, 5.74) is 5.07. The number of nitrogens with zero attached hydrogens (tertiary/aromatic N) is 4. The molecule has 0 amide bonds. The summed E-state index contributed by atoms with van der Waals surface area (Å²) in [7, 11) is 3.62. The Morgan fingerprint density at radius 3 is 2.62 bits per heavy atom. The van der Waals surface area contributed by atoms with Crippen LogP contribution in [0.1, 0.15) is 11.1 Å². The standard InChI is InChI=1S/C23H23N5O/c1-16-7-9-17(10-8-16)14-25-23-26-15-20(18-5-4-6-19(13-18)29-3)21(27-23)22-24-11-12-28(22)2/h4-13,15H,14H2,1-3H3,(H,25,26,27). The lowest BCUT2D eigenvalue weighted by Gasteiger charge is -2.12. The van der Waals surface area contributed by atoms with E-state index >= 15 is 0 Å². The molecule has 6 nitrogen and oxygen atoms in total. The first-order valence-corrected chi connectivity index (χ1v) is 9.42. The van der Waals surface area contributed by atoms with E-state index < -0.39 is 0 Å². The van der Waals surface area contributed by atoms with Crippen molar-refractivity contribution in [2.24, 2.45) is 7.05 Å². The van der Waals surface area contributed by atoms with Crippen LogP contribution < -0.4 is 10.1 Å². The Hall–Kier alpha value is -3.67. The molecule has 0 aliphatic heterocycles. The second kappa shape index (κ2) is 8.14. The van der Waals surface area contributed by atoms with Gasteiger partial charge in [-0.3, -0.25) is 0 Å². The third-order valence-electron chi connectivity index (χ3n) is 4.77. The van der Waals surface area contributed by atoms with Gasteiger partial charge in [-0.05, 0) is 30.2 Å². The van der Waals surface area contributed by atoms with Gasteiger partial charge in [0.15, 0.2) is 5.82 Å². The monoisotopic (exact) mass is 385 g/mol. The molecule has 0 fully saturated rings. The van der Waals surface area contributed by atoms with E-state index in [2.05, 4.69) is 46.5 Å². The minimum absolute atomic E-state index is 0.565. The fourth-order valence-electron chi connectivity index (χ4n) is 3.12. The second-order valence-corrected chi connectivity index (χ2v) is 6.89. The van der Waals surface area contributed by atoms with Crippen molar-refractivity contribution in [3.05, 3.63) is 78.2 Å². The fraction of sp³-hybridized carbons (Fsp3) is 0.174. The fourth-order valence-corrected chi connectivity index (χ4v) is 3.12. The number of anilines is 1. The maximum Gasteiger partial charge on any atom is 0.223 e. The Balaban J connectivity index is 1.70. The summed E-state index contributed by atoms with van der Waals surface area (Å²) in [5.74, 6) is 2.13. The van der Waals surface area contributed by atoms with E-state index in [1.165, 1.54) is 11.1 Å². The number of rotatable bonds is 6. The third kappa shape index (κ3) is 4.11. The summed E-state index contributed by atoms with van der Waals surface area (Å²) in [6.45, 7) is 2.73. The molecule has 0 aliphatic rings. The Bertz CT molecular complexity index is 1120. The van der Waals surface area contributed by atoms with E-state index in [4.69, 9.17) is 9.72 Å². The first-order chi connectivity index (χ1) is 14.1. The molecule has 2 heterocycles. The van der Waals surface area contributed by atoms with Crippen LogP contribution in [0.5, 0.6) is 5.75 Å². The highest BCUT2D eigenvalue weighted by Crippen LogP contribution is 2.31. The van der Waals surface area contributed by atoms with Gasteiger partial charge in [0, 0.05) is 37.7 Å². The molecule has 0 atom stereocenters. The van der Waals surface area contributed by atoms with Gasteiger partial charge in [0.25, 0.3) is 0 Å². The summed E-state index contributed by atoms with van der Waals surface area (Å²) in [6.07, 6.45) is 5.52. The number of ether oxygens (including phenoxy) is 1. The molecule has 2 aromatic heterocycles. The van der Waals surface area contributed by atoms with E-state index in [9.17, 15) is 0 Å². The predicted molar refractivity (Wildman–Crippen MR) is 115 cm³/mol. The first kappa shape index (κ1) is 18.7. The summed E-state index contributed by atoms with van der Waals surface area (Å²) in [5, 5.41) is 3.32. The van der Waals surface area contributed by atoms with Crippen LogP contribution in [0.2, 0.25) is 0 Å². The zero-order valence-electron chi connectivity index (χ0n) is 16.8. The molecule has 6 heteroatoms. The van der Waals surface area contributed by atoms with Crippen LogP contribution in [0, 0.1) is 6.92 Å². The Labute approximate surface area is 170 Å². The molecule has 146 valence electrons. The van der Waals surface area contributed by atoms with Crippen molar-refractivity contribution in [1.82, 2.24) is 19.5 Å². The van der Waals surface area contributed by atoms with Crippen molar-refractivity contribution < 1.29 is 4.74 Å². The van der Waals surface area contributed by atoms with E-state index in [1.54, 1.807) is 13.3 Å². The van der Waals surface area contributed by atoms with Crippen LogP contribution in [0.25, 0.3) is 22.6 Å². The van der Waals surface area contributed by atoms with Gasteiger partial charge in [-0.1, -0.05) is 42.0 Å². The second-order valence-electron chi connectivity index (χ2n) is 6.89. The summed E-state index contributed by atoms with van der Waals surface area (Å²) in [4.78, 5) is 13.8. The largest absolute Gasteiger partial charge is 0.497 e. The summed E-state index contributed by atoms with van der Waals surface area (Å²) in [6, 6.07) is 16.3. The van der Waals surface area contributed by atoms with Gasteiger partial charge in [0.05, 0.1) is 7.11 Å². The van der Waals surface area contributed by atoms with E-state index in [1.807, 2.05) is 48.3 Å². The Morgan fingerprint density at radius 1 is 1.07 bits per heavy atom.